The number of hydrogen-bond donors (Lipinski definition) is 0. The van der Waals surface area contributed by atoms with Crippen LogP contribution in [0.25, 0.3) is 21.9 Å². The minimum absolute atomic E-state index is 0. The molecule has 0 aliphatic carbocycles. The van der Waals surface area contributed by atoms with E-state index < -0.39 is 0 Å². The quantitative estimate of drug-likeness (QED) is 0.433. The molecule has 23 heavy (non-hydrogen) atoms. The maximum atomic E-state index is 2.37. The number of aryl methyl sites for hydroxylation is 1. The fourth-order valence-corrected chi connectivity index (χ4v) is 3.21. The predicted octanol–water partition coefficient (Wildman–Crippen LogP) is 6.69. The molecule has 0 N–H and O–H groups in total. The summed E-state index contributed by atoms with van der Waals surface area (Å²) in [6.45, 7) is 6.79. The molecule has 118 valence electrons. The molecule has 0 nitrogen and oxygen atoms in total. The molecule has 0 amide bonds. The van der Waals surface area contributed by atoms with Gasteiger partial charge in [0, 0.05) is 26.2 Å². The fourth-order valence-electron chi connectivity index (χ4n) is 3.21. The van der Waals surface area contributed by atoms with Crippen LogP contribution in [0.15, 0.2) is 54.6 Å². The van der Waals surface area contributed by atoms with Crippen LogP contribution in [-0.2, 0) is 32.6 Å². The monoisotopic (exact) mass is 379 g/mol. The Hall–Kier alpha value is -1.07. The standard InChI is InChI=1S/C22H25.Zr/c1-4-7-17-14-20-8-6-9-21(22(20)15-17)19-12-10-18(11-13-19)16(3)5-2;/h6,8-16H,4-5,7H2,1-3H3;/q-1;. The molecule has 0 aromatic heterocycles. The first-order valence-corrected chi connectivity index (χ1v) is 8.51. The molecule has 0 aliphatic heterocycles. The van der Waals surface area contributed by atoms with Crippen molar-refractivity contribution in [3.05, 3.63) is 65.7 Å². The second kappa shape index (κ2) is 8.16. The van der Waals surface area contributed by atoms with Gasteiger partial charge in [-0.05, 0) is 29.9 Å². The molecule has 0 fully saturated rings. The smallest absolute Gasteiger partial charge is 0 e. The Bertz CT molecular complexity index is 749. The van der Waals surface area contributed by atoms with Crippen molar-refractivity contribution in [1.82, 2.24) is 0 Å². The van der Waals surface area contributed by atoms with Gasteiger partial charge in [0.05, 0.1) is 0 Å². The third kappa shape index (κ3) is 3.89. The second-order valence-corrected chi connectivity index (χ2v) is 6.35. The maximum absolute atomic E-state index is 2.37. The minimum Gasteiger partial charge on any atom is -0.164 e. The molecular formula is C22H25Zr-. The van der Waals surface area contributed by atoms with Crippen LogP contribution in [-0.4, -0.2) is 0 Å². The molecule has 0 radical (unpaired) electrons. The van der Waals surface area contributed by atoms with Gasteiger partial charge in [-0.15, -0.1) is 34.5 Å². The zero-order chi connectivity index (χ0) is 15.5. The molecule has 3 aromatic rings. The Labute approximate surface area is 159 Å². The van der Waals surface area contributed by atoms with Crippen molar-refractivity contribution < 1.29 is 26.2 Å². The molecule has 3 aromatic carbocycles. The summed E-state index contributed by atoms with van der Waals surface area (Å²) in [7, 11) is 0. The fraction of sp³-hybridized carbons (Fsp3) is 0.318. The normalized spacial score (nSPS) is 12.1. The maximum Gasteiger partial charge on any atom is 0 e. The molecule has 0 saturated carbocycles. The molecule has 1 unspecified atom stereocenters. The summed E-state index contributed by atoms with van der Waals surface area (Å²) in [6.07, 6.45) is 3.56. The van der Waals surface area contributed by atoms with Crippen molar-refractivity contribution >= 4 is 10.8 Å². The summed E-state index contributed by atoms with van der Waals surface area (Å²) in [6, 6.07) is 20.5. The van der Waals surface area contributed by atoms with Crippen molar-refractivity contribution in [3.8, 4) is 11.1 Å². The van der Waals surface area contributed by atoms with E-state index >= 15 is 0 Å². The van der Waals surface area contributed by atoms with Gasteiger partial charge in [0.15, 0.2) is 0 Å². The van der Waals surface area contributed by atoms with E-state index in [0.29, 0.717) is 5.92 Å². The van der Waals surface area contributed by atoms with Gasteiger partial charge >= 0.3 is 0 Å². The van der Waals surface area contributed by atoms with Crippen LogP contribution in [0.3, 0.4) is 0 Å². The Balaban J connectivity index is 0.00000192. The molecule has 0 aliphatic rings. The van der Waals surface area contributed by atoms with E-state index in [9.17, 15) is 0 Å². The topological polar surface area (TPSA) is 0 Å². The van der Waals surface area contributed by atoms with E-state index in [4.69, 9.17) is 0 Å². The molecule has 0 spiro atoms. The van der Waals surface area contributed by atoms with Crippen LogP contribution >= 0.6 is 0 Å². The molecule has 1 heteroatoms. The van der Waals surface area contributed by atoms with Crippen LogP contribution in [0.2, 0.25) is 0 Å². The summed E-state index contributed by atoms with van der Waals surface area (Å²) >= 11 is 0. The van der Waals surface area contributed by atoms with Gasteiger partial charge in [-0.25, -0.2) is 0 Å². The first kappa shape index (κ1) is 18.3. The van der Waals surface area contributed by atoms with E-state index in [1.165, 1.54) is 52.3 Å². The zero-order valence-electron chi connectivity index (χ0n) is 14.4. The Morgan fingerprint density at radius 1 is 1.00 bits per heavy atom. The van der Waals surface area contributed by atoms with E-state index in [1.807, 2.05) is 0 Å². The zero-order valence-corrected chi connectivity index (χ0v) is 16.9. The molecule has 0 saturated heterocycles. The second-order valence-electron chi connectivity index (χ2n) is 6.35. The number of hydrogen-bond acceptors (Lipinski definition) is 0. The Morgan fingerprint density at radius 3 is 2.39 bits per heavy atom. The van der Waals surface area contributed by atoms with Crippen LogP contribution in [0, 0.1) is 0 Å². The van der Waals surface area contributed by atoms with Gasteiger partial charge < -0.3 is 0 Å². The average Bonchev–Trinajstić information content (AvgIpc) is 2.97. The van der Waals surface area contributed by atoms with Gasteiger partial charge in [-0.1, -0.05) is 63.1 Å². The summed E-state index contributed by atoms with van der Waals surface area (Å²) < 4.78 is 0. The number of rotatable bonds is 5. The first-order valence-electron chi connectivity index (χ1n) is 8.51. The van der Waals surface area contributed by atoms with Crippen LogP contribution in [0.4, 0.5) is 0 Å². The summed E-state index contributed by atoms with van der Waals surface area (Å²) in [5.74, 6) is 0.639. The SMILES string of the molecule is CCCc1cc2c(-c3ccc(C(C)CC)cc3)cccc2[cH-]1.[Zr]. The number of benzene rings is 2. The van der Waals surface area contributed by atoms with Crippen molar-refractivity contribution in [2.45, 2.75) is 46.0 Å². The summed E-state index contributed by atoms with van der Waals surface area (Å²) in [5, 5.41) is 2.76. The molecule has 3 rings (SSSR count). The third-order valence-electron chi connectivity index (χ3n) is 4.75. The largest absolute Gasteiger partial charge is 0.164 e. The first-order chi connectivity index (χ1) is 10.7. The molecular weight excluding hydrogens is 355 g/mol. The van der Waals surface area contributed by atoms with Crippen molar-refractivity contribution in [1.29, 1.82) is 0 Å². The van der Waals surface area contributed by atoms with Crippen molar-refractivity contribution in [3.63, 3.8) is 0 Å². The van der Waals surface area contributed by atoms with Crippen LogP contribution in [0.1, 0.15) is 50.7 Å². The van der Waals surface area contributed by atoms with E-state index in [0.717, 1.165) is 0 Å². The Morgan fingerprint density at radius 2 is 1.74 bits per heavy atom. The average molecular weight is 381 g/mol. The molecule has 1 atom stereocenters. The van der Waals surface area contributed by atoms with Crippen LogP contribution < -0.4 is 0 Å². The van der Waals surface area contributed by atoms with Gasteiger partial charge in [0.2, 0.25) is 0 Å². The van der Waals surface area contributed by atoms with Crippen molar-refractivity contribution in [2.24, 2.45) is 0 Å². The van der Waals surface area contributed by atoms with Crippen molar-refractivity contribution in [2.75, 3.05) is 0 Å². The van der Waals surface area contributed by atoms with Crippen LogP contribution in [0.5, 0.6) is 0 Å². The molecule has 0 bridgehead atoms. The predicted molar refractivity (Wildman–Crippen MR) is 97.7 cm³/mol. The van der Waals surface area contributed by atoms with Gasteiger partial charge in [-0.2, -0.15) is 6.07 Å². The van der Waals surface area contributed by atoms with E-state index in [1.54, 1.807) is 0 Å². The third-order valence-corrected chi connectivity index (χ3v) is 4.75. The van der Waals surface area contributed by atoms with Gasteiger partial charge in [0.1, 0.15) is 0 Å². The van der Waals surface area contributed by atoms with E-state index in [-0.39, 0.29) is 26.2 Å². The van der Waals surface area contributed by atoms with E-state index in [2.05, 4.69) is 75.4 Å². The molecule has 0 heterocycles. The number of fused-ring (bicyclic) bond motifs is 1. The Kier molecular flexibility index (Phi) is 6.48. The summed E-state index contributed by atoms with van der Waals surface area (Å²) in [5.41, 5.74) is 5.58. The summed E-state index contributed by atoms with van der Waals surface area (Å²) in [4.78, 5) is 0. The van der Waals surface area contributed by atoms with Gasteiger partial charge in [-0.3, -0.25) is 0 Å². The van der Waals surface area contributed by atoms with Gasteiger partial charge in [0.25, 0.3) is 0 Å². The minimum atomic E-state index is 0.